The molecule has 0 amide bonds. The summed E-state index contributed by atoms with van der Waals surface area (Å²) in [4.78, 5) is 0.249. The van der Waals surface area contributed by atoms with Crippen molar-refractivity contribution in [3.63, 3.8) is 0 Å². The van der Waals surface area contributed by atoms with E-state index in [1.165, 1.54) is 22.9 Å². The van der Waals surface area contributed by atoms with Crippen LogP contribution in [0.4, 0.5) is 10.1 Å². The fourth-order valence-corrected chi connectivity index (χ4v) is 5.49. The number of unbranched alkanes of at least 4 members (excludes halogenated alkanes) is 4. The van der Waals surface area contributed by atoms with Crippen molar-refractivity contribution in [3.8, 4) is 0 Å². The molecule has 28 heavy (non-hydrogen) atoms. The standard InChI is InChI=1S/C23H28FNO2S/c1-4-5-6-7-8-9-22-18(3)21-16-19(24)12-15-23(21)25(22)28(26,27)20-13-10-17(2)11-14-20/h10-16,22H,3-9H2,1-2H3/t22-/m1/s1. The van der Waals surface area contributed by atoms with Crippen LogP contribution in [0.25, 0.3) is 5.57 Å². The van der Waals surface area contributed by atoms with Crippen molar-refractivity contribution in [1.29, 1.82) is 0 Å². The van der Waals surface area contributed by atoms with Gasteiger partial charge in [0.2, 0.25) is 0 Å². The quantitative estimate of drug-likeness (QED) is 0.502. The number of rotatable bonds is 8. The molecule has 0 unspecified atom stereocenters. The first-order chi connectivity index (χ1) is 13.4. The van der Waals surface area contributed by atoms with Crippen LogP contribution >= 0.6 is 0 Å². The Bertz CT molecular complexity index is 951. The minimum absolute atomic E-state index is 0.249. The van der Waals surface area contributed by atoms with Crippen LogP contribution in [-0.2, 0) is 10.0 Å². The summed E-state index contributed by atoms with van der Waals surface area (Å²) in [6.07, 6.45) is 6.14. The number of halogens is 1. The molecule has 0 fully saturated rings. The van der Waals surface area contributed by atoms with E-state index in [-0.39, 0.29) is 16.8 Å². The van der Waals surface area contributed by atoms with Crippen LogP contribution in [0, 0.1) is 12.7 Å². The van der Waals surface area contributed by atoms with Gasteiger partial charge in [0.15, 0.2) is 0 Å². The Morgan fingerprint density at radius 3 is 2.39 bits per heavy atom. The Morgan fingerprint density at radius 2 is 1.71 bits per heavy atom. The van der Waals surface area contributed by atoms with Gasteiger partial charge in [-0.3, -0.25) is 4.31 Å². The van der Waals surface area contributed by atoms with Crippen LogP contribution in [0.3, 0.4) is 0 Å². The molecule has 0 spiro atoms. The van der Waals surface area contributed by atoms with Gasteiger partial charge in [0.1, 0.15) is 5.82 Å². The zero-order valence-corrected chi connectivity index (χ0v) is 17.4. The lowest BCUT2D eigenvalue weighted by Crippen LogP contribution is -2.37. The first-order valence-electron chi connectivity index (χ1n) is 9.96. The number of anilines is 1. The number of nitrogens with zero attached hydrogens (tertiary/aromatic N) is 1. The summed E-state index contributed by atoms with van der Waals surface area (Å²) in [5, 5.41) is 0. The maximum absolute atomic E-state index is 13.8. The Kier molecular flexibility index (Phi) is 6.23. The average molecular weight is 402 g/mol. The van der Waals surface area contributed by atoms with E-state index < -0.39 is 10.0 Å². The van der Waals surface area contributed by atoms with Crippen molar-refractivity contribution in [2.75, 3.05) is 4.31 Å². The van der Waals surface area contributed by atoms with Gasteiger partial charge < -0.3 is 0 Å². The van der Waals surface area contributed by atoms with E-state index in [4.69, 9.17) is 0 Å². The van der Waals surface area contributed by atoms with E-state index in [2.05, 4.69) is 13.5 Å². The van der Waals surface area contributed by atoms with Gasteiger partial charge >= 0.3 is 0 Å². The molecule has 1 aliphatic rings. The lowest BCUT2D eigenvalue weighted by atomic mass is 9.99. The minimum atomic E-state index is -3.76. The molecule has 0 saturated heterocycles. The molecular formula is C23H28FNO2S. The Balaban J connectivity index is 1.96. The highest BCUT2D eigenvalue weighted by atomic mass is 32.2. The molecule has 0 radical (unpaired) electrons. The number of hydrogen-bond donors (Lipinski definition) is 0. The third kappa shape index (κ3) is 4.00. The summed E-state index contributed by atoms with van der Waals surface area (Å²) in [5.74, 6) is -0.379. The lowest BCUT2D eigenvalue weighted by Gasteiger charge is -2.27. The second kappa shape index (κ2) is 8.48. The van der Waals surface area contributed by atoms with Crippen molar-refractivity contribution in [1.82, 2.24) is 0 Å². The Morgan fingerprint density at radius 1 is 1.04 bits per heavy atom. The minimum Gasteiger partial charge on any atom is -0.258 e. The van der Waals surface area contributed by atoms with Gasteiger partial charge in [-0.15, -0.1) is 0 Å². The molecule has 1 aliphatic heterocycles. The van der Waals surface area contributed by atoms with E-state index in [1.54, 1.807) is 30.3 Å². The normalized spacial score (nSPS) is 16.5. The van der Waals surface area contributed by atoms with Crippen molar-refractivity contribution in [2.24, 2.45) is 0 Å². The largest absolute Gasteiger partial charge is 0.264 e. The topological polar surface area (TPSA) is 37.4 Å². The van der Waals surface area contributed by atoms with Crippen LogP contribution in [0.2, 0.25) is 0 Å². The zero-order valence-electron chi connectivity index (χ0n) is 16.6. The zero-order chi connectivity index (χ0) is 20.3. The lowest BCUT2D eigenvalue weighted by molar-refractivity contribution is 0.567. The third-order valence-corrected chi connectivity index (χ3v) is 7.22. The molecule has 1 atom stereocenters. The molecule has 5 heteroatoms. The maximum Gasteiger partial charge on any atom is 0.264 e. The highest BCUT2D eigenvalue weighted by Gasteiger charge is 2.40. The maximum atomic E-state index is 13.8. The Labute approximate surface area is 167 Å². The van der Waals surface area contributed by atoms with Gasteiger partial charge in [0, 0.05) is 5.56 Å². The van der Waals surface area contributed by atoms with Crippen LogP contribution < -0.4 is 4.31 Å². The number of benzene rings is 2. The monoisotopic (exact) mass is 401 g/mol. The van der Waals surface area contributed by atoms with Crippen molar-refractivity contribution >= 4 is 21.3 Å². The number of aryl methyl sites for hydroxylation is 1. The first kappa shape index (κ1) is 20.6. The second-order valence-corrected chi connectivity index (χ2v) is 9.33. The summed E-state index contributed by atoms with van der Waals surface area (Å²) < 4.78 is 42.2. The molecule has 3 rings (SSSR count). The molecule has 2 aromatic carbocycles. The van der Waals surface area contributed by atoms with Gasteiger partial charge in [0.25, 0.3) is 10.0 Å². The predicted octanol–water partition coefficient (Wildman–Crippen LogP) is 6.09. The average Bonchev–Trinajstić information content (AvgIpc) is 2.94. The van der Waals surface area contributed by atoms with E-state index in [0.29, 0.717) is 23.2 Å². The second-order valence-electron chi connectivity index (χ2n) is 7.52. The van der Waals surface area contributed by atoms with E-state index >= 15 is 0 Å². The van der Waals surface area contributed by atoms with Crippen LogP contribution in [0.1, 0.15) is 56.6 Å². The van der Waals surface area contributed by atoms with E-state index in [9.17, 15) is 12.8 Å². The van der Waals surface area contributed by atoms with Crippen LogP contribution in [-0.4, -0.2) is 14.5 Å². The molecule has 0 aliphatic carbocycles. The number of fused-ring (bicyclic) bond motifs is 1. The highest BCUT2D eigenvalue weighted by molar-refractivity contribution is 7.93. The molecule has 0 N–H and O–H groups in total. The van der Waals surface area contributed by atoms with Gasteiger partial charge in [-0.1, -0.05) is 63.3 Å². The van der Waals surface area contributed by atoms with Crippen molar-refractivity contribution in [2.45, 2.75) is 63.3 Å². The summed E-state index contributed by atoms with van der Waals surface area (Å²) in [5.41, 5.74) is 2.79. The fraction of sp³-hybridized carbons (Fsp3) is 0.391. The van der Waals surface area contributed by atoms with Gasteiger partial charge in [-0.2, -0.15) is 0 Å². The SMILES string of the molecule is C=C1c2cc(F)ccc2N(S(=O)(=O)c2ccc(C)cc2)[C@@H]1CCCCCCC. The van der Waals surface area contributed by atoms with Crippen molar-refractivity contribution < 1.29 is 12.8 Å². The molecule has 2 aromatic rings. The fourth-order valence-electron chi connectivity index (χ4n) is 3.80. The van der Waals surface area contributed by atoms with Crippen molar-refractivity contribution in [3.05, 3.63) is 66.0 Å². The van der Waals surface area contributed by atoms with E-state index in [1.807, 2.05) is 6.92 Å². The van der Waals surface area contributed by atoms with Gasteiger partial charge in [-0.25, -0.2) is 12.8 Å². The molecule has 3 nitrogen and oxygen atoms in total. The van der Waals surface area contributed by atoms with Gasteiger partial charge in [0.05, 0.1) is 16.6 Å². The third-order valence-electron chi connectivity index (χ3n) is 5.39. The van der Waals surface area contributed by atoms with Gasteiger partial charge in [-0.05, 0) is 49.2 Å². The molecule has 0 bridgehead atoms. The number of hydrogen-bond acceptors (Lipinski definition) is 2. The van der Waals surface area contributed by atoms with Crippen LogP contribution in [0.15, 0.2) is 53.9 Å². The molecule has 1 heterocycles. The summed E-state index contributed by atoms with van der Waals surface area (Å²) in [6.45, 7) is 8.22. The number of sulfonamides is 1. The summed E-state index contributed by atoms with van der Waals surface area (Å²) in [7, 11) is -3.76. The molecule has 0 aromatic heterocycles. The summed E-state index contributed by atoms with van der Waals surface area (Å²) in [6, 6.07) is 10.7. The Hall–Kier alpha value is -2.14. The molecule has 150 valence electrons. The predicted molar refractivity (Wildman–Crippen MR) is 113 cm³/mol. The summed E-state index contributed by atoms with van der Waals surface area (Å²) >= 11 is 0. The first-order valence-corrected chi connectivity index (χ1v) is 11.4. The van der Waals surface area contributed by atoms with E-state index in [0.717, 1.165) is 31.2 Å². The molecular weight excluding hydrogens is 373 g/mol. The highest BCUT2D eigenvalue weighted by Crippen LogP contribution is 2.44. The smallest absolute Gasteiger partial charge is 0.258 e. The molecule has 0 saturated carbocycles. The van der Waals surface area contributed by atoms with Crippen LogP contribution in [0.5, 0.6) is 0 Å².